The van der Waals surface area contributed by atoms with Crippen molar-refractivity contribution < 1.29 is 0 Å². The van der Waals surface area contributed by atoms with Crippen molar-refractivity contribution in [3.8, 4) is 11.8 Å². The van der Waals surface area contributed by atoms with Gasteiger partial charge in [0.2, 0.25) is 0 Å². The lowest BCUT2D eigenvalue weighted by Gasteiger charge is -2.09. The molecule has 1 heteroatoms. The summed E-state index contributed by atoms with van der Waals surface area (Å²) in [5.74, 6) is 6.51. The maximum Gasteiger partial charge on any atom is 0.0241 e. The molecule has 10 heavy (non-hydrogen) atoms. The highest BCUT2D eigenvalue weighted by molar-refractivity contribution is 4.97. The van der Waals surface area contributed by atoms with E-state index in [0.29, 0.717) is 5.92 Å². The normalized spacial score (nSPS) is 12.5. The molecule has 0 aromatic rings. The van der Waals surface area contributed by atoms with Gasteiger partial charge in [0.25, 0.3) is 0 Å². The van der Waals surface area contributed by atoms with Crippen molar-refractivity contribution in [3.63, 3.8) is 0 Å². The monoisotopic (exact) mass is 139 g/mol. The van der Waals surface area contributed by atoms with E-state index < -0.39 is 0 Å². The van der Waals surface area contributed by atoms with Crippen LogP contribution in [0, 0.1) is 17.8 Å². The van der Waals surface area contributed by atoms with E-state index in [1.165, 1.54) is 0 Å². The maximum atomic E-state index is 5.76. The van der Waals surface area contributed by atoms with Gasteiger partial charge >= 0.3 is 0 Å². The van der Waals surface area contributed by atoms with Crippen LogP contribution in [0.5, 0.6) is 0 Å². The molecule has 0 spiro atoms. The van der Waals surface area contributed by atoms with Crippen molar-refractivity contribution >= 4 is 0 Å². The van der Waals surface area contributed by atoms with Gasteiger partial charge in [0.05, 0.1) is 0 Å². The Hall–Kier alpha value is -0.480. The average Bonchev–Trinajstić information content (AvgIpc) is 1.82. The molecule has 2 N–H and O–H groups in total. The molecule has 0 saturated carbocycles. The van der Waals surface area contributed by atoms with Crippen molar-refractivity contribution in [2.24, 2.45) is 11.7 Å². The van der Waals surface area contributed by atoms with Gasteiger partial charge in [-0.3, -0.25) is 0 Å². The molecule has 0 rings (SSSR count). The van der Waals surface area contributed by atoms with Gasteiger partial charge in [0.15, 0.2) is 0 Å². The smallest absolute Gasteiger partial charge is 0.0241 e. The first-order valence-electron chi connectivity index (χ1n) is 3.82. The lowest BCUT2D eigenvalue weighted by atomic mass is 10.0. The summed E-state index contributed by atoms with van der Waals surface area (Å²) in [6.07, 6.45) is 1.92. The van der Waals surface area contributed by atoms with Crippen molar-refractivity contribution in [2.75, 3.05) is 0 Å². The summed E-state index contributed by atoms with van der Waals surface area (Å²) < 4.78 is 0. The standard InChI is InChI=1S/C9H17N/c1-4-5-6-9(10)7-8(2)3/h8-9H,6-7,10H2,1-3H3. The van der Waals surface area contributed by atoms with Gasteiger partial charge in [0.1, 0.15) is 0 Å². The Morgan fingerprint density at radius 3 is 2.40 bits per heavy atom. The Morgan fingerprint density at radius 2 is 2.00 bits per heavy atom. The zero-order chi connectivity index (χ0) is 7.98. The van der Waals surface area contributed by atoms with Crippen LogP contribution in [0.2, 0.25) is 0 Å². The molecule has 0 heterocycles. The van der Waals surface area contributed by atoms with E-state index in [-0.39, 0.29) is 6.04 Å². The molecule has 0 aliphatic rings. The third kappa shape index (κ3) is 5.65. The van der Waals surface area contributed by atoms with E-state index >= 15 is 0 Å². The second-order valence-corrected chi connectivity index (χ2v) is 3.02. The molecule has 1 nitrogen and oxygen atoms in total. The van der Waals surface area contributed by atoms with Crippen molar-refractivity contribution in [1.29, 1.82) is 0 Å². The van der Waals surface area contributed by atoms with Gasteiger partial charge in [-0.15, -0.1) is 11.8 Å². The van der Waals surface area contributed by atoms with Crippen LogP contribution in [0.15, 0.2) is 0 Å². The van der Waals surface area contributed by atoms with Gasteiger partial charge in [-0.25, -0.2) is 0 Å². The third-order valence-electron chi connectivity index (χ3n) is 1.32. The molecule has 1 unspecified atom stereocenters. The SMILES string of the molecule is CC#CCC(N)CC(C)C. The Bertz CT molecular complexity index is 127. The summed E-state index contributed by atoms with van der Waals surface area (Å²) in [7, 11) is 0. The highest BCUT2D eigenvalue weighted by Gasteiger charge is 2.02. The average molecular weight is 139 g/mol. The van der Waals surface area contributed by atoms with Gasteiger partial charge in [-0.05, 0) is 19.3 Å². The minimum atomic E-state index is 0.271. The fourth-order valence-corrected chi connectivity index (χ4v) is 0.922. The second-order valence-electron chi connectivity index (χ2n) is 3.02. The molecule has 0 aliphatic carbocycles. The molecule has 58 valence electrons. The van der Waals surface area contributed by atoms with Crippen LogP contribution >= 0.6 is 0 Å². The van der Waals surface area contributed by atoms with Crippen LogP contribution < -0.4 is 5.73 Å². The molecule has 0 bridgehead atoms. The molecular weight excluding hydrogens is 122 g/mol. The zero-order valence-corrected chi connectivity index (χ0v) is 7.15. The van der Waals surface area contributed by atoms with Gasteiger partial charge in [0, 0.05) is 12.5 Å². The van der Waals surface area contributed by atoms with Gasteiger partial charge in [-0.1, -0.05) is 13.8 Å². The Labute approximate surface area is 64.0 Å². The zero-order valence-electron chi connectivity index (χ0n) is 7.15. The molecule has 0 amide bonds. The number of hydrogen-bond donors (Lipinski definition) is 1. The van der Waals surface area contributed by atoms with E-state index in [4.69, 9.17) is 5.73 Å². The molecule has 1 atom stereocenters. The van der Waals surface area contributed by atoms with Crippen LogP contribution in [-0.4, -0.2) is 6.04 Å². The van der Waals surface area contributed by atoms with E-state index in [1.807, 2.05) is 6.92 Å². The van der Waals surface area contributed by atoms with Crippen molar-refractivity contribution in [1.82, 2.24) is 0 Å². The van der Waals surface area contributed by atoms with Crippen LogP contribution in [0.4, 0.5) is 0 Å². The highest BCUT2D eigenvalue weighted by atomic mass is 14.6. The summed E-state index contributed by atoms with van der Waals surface area (Å²) >= 11 is 0. The molecule has 0 radical (unpaired) electrons. The molecule has 0 aliphatic heterocycles. The van der Waals surface area contributed by atoms with E-state index in [9.17, 15) is 0 Å². The fraction of sp³-hybridized carbons (Fsp3) is 0.778. The summed E-state index contributed by atoms with van der Waals surface area (Å²) in [6.45, 7) is 6.21. The minimum absolute atomic E-state index is 0.271. The van der Waals surface area contributed by atoms with Crippen LogP contribution in [0.25, 0.3) is 0 Å². The fourth-order valence-electron chi connectivity index (χ4n) is 0.922. The van der Waals surface area contributed by atoms with E-state index in [2.05, 4.69) is 25.7 Å². The summed E-state index contributed by atoms with van der Waals surface area (Å²) in [6, 6.07) is 0.271. The number of hydrogen-bond acceptors (Lipinski definition) is 1. The topological polar surface area (TPSA) is 26.0 Å². The van der Waals surface area contributed by atoms with E-state index in [0.717, 1.165) is 12.8 Å². The Kier molecular flexibility index (Phi) is 5.06. The van der Waals surface area contributed by atoms with Crippen LogP contribution in [0.3, 0.4) is 0 Å². The Morgan fingerprint density at radius 1 is 1.40 bits per heavy atom. The molecule has 0 saturated heterocycles. The van der Waals surface area contributed by atoms with Gasteiger partial charge < -0.3 is 5.73 Å². The third-order valence-corrected chi connectivity index (χ3v) is 1.32. The van der Waals surface area contributed by atoms with Crippen LogP contribution in [-0.2, 0) is 0 Å². The molecule has 0 aromatic carbocycles. The second kappa shape index (κ2) is 5.32. The quantitative estimate of drug-likeness (QED) is 0.592. The summed E-state index contributed by atoms with van der Waals surface area (Å²) in [4.78, 5) is 0. The van der Waals surface area contributed by atoms with Crippen molar-refractivity contribution in [3.05, 3.63) is 0 Å². The lowest BCUT2D eigenvalue weighted by molar-refractivity contribution is 0.502. The predicted octanol–water partition coefficient (Wildman–Crippen LogP) is 1.77. The molecule has 0 fully saturated rings. The number of nitrogens with two attached hydrogens (primary N) is 1. The molecule has 0 aromatic heterocycles. The first kappa shape index (κ1) is 9.52. The summed E-state index contributed by atoms with van der Waals surface area (Å²) in [5, 5.41) is 0. The Balaban J connectivity index is 3.40. The van der Waals surface area contributed by atoms with E-state index in [1.54, 1.807) is 0 Å². The first-order chi connectivity index (χ1) is 4.66. The van der Waals surface area contributed by atoms with Crippen LogP contribution in [0.1, 0.15) is 33.6 Å². The minimum Gasteiger partial charge on any atom is -0.327 e. The lowest BCUT2D eigenvalue weighted by Crippen LogP contribution is -2.21. The largest absolute Gasteiger partial charge is 0.327 e. The highest BCUT2D eigenvalue weighted by Crippen LogP contribution is 2.04. The van der Waals surface area contributed by atoms with Gasteiger partial charge in [-0.2, -0.15) is 0 Å². The maximum absolute atomic E-state index is 5.76. The summed E-state index contributed by atoms with van der Waals surface area (Å²) in [5.41, 5.74) is 5.76. The predicted molar refractivity (Wildman–Crippen MR) is 45.5 cm³/mol. The number of rotatable bonds is 3. The van der Waals surface area contributed by atoms with Crippen molar-refractivity contribution in [2.45, 2.75) is 39.7 Å². The molecular formula is C9H17N. The first-order valence-corrected chi connectivity index (χ1v) is 3.82.